The van der Waals surface area contributed by atoms with Crippen molar-refractivity contribution in [1.82, 2.24) is 4.90 Å². The average Bonchev–Trinajstić information content (AvgIpc) is 3.13. The maximum Gasteiger partial charge on any atom is 0.231 e. The van der Waals surface area contributed by atoms with Crippen LogP contribution in [-0.2, 0) is 13.1 Å². The second kappa shape index (κ2) is 9.10. The smallest absolute Gasteiger partial charge is 0.231 e. The Morgan fingerprint density at radius 2 is 1.91 bits per heavy atom. The average molecular weight is 482 g/mol. The summed E-state index contributed by atoms with van der Waals surface area (Å²) in [7, 11) is 0. The third-order valence-electron chi connectivity index (χ3n) is 5.58. The first kappa shape index (κ1) is 21.8. The normalized spacial score (nSPS) is 16.2. The summed E-state index contributed by atoms with van der Waals surface area (Å²) < 4.78 is 17.5. The lowest BCUT2D eigenvalue weighted by molar-refractivity contribution is 0.0873. The lowest BCUT2D eigenvalue weighted by Gasteiger charge is -2.30. The third-order valence-corrected chi connectivity index (χ3v) is 6.17. The van der Waals surface area contributed by atoms with Gasteiger partial charge in [0.05, 0.1) is 17.7 Å². The van der Waals surface area contributed by atoms with Crippen LogP contribution in [0.2, 0.25) is 10.0 Å². The van der Waals surface area contributed by atoms with E-state index in [1.54, 1.807) is 18.2 Å². The van der Waals surface area contributed by atoms with Crippen LogP contribution in [0.3, 0.4) is 0 Å². The molecular weight excluding hydrogens is 461 g/mol. The first-order valence-electron chi connectivity index (χ1n) is 10.6. The number of fused-ring (bicyclic) bond motifs is 3. The summed E-state index contributed by atoms with van der Waals surface area (Å²) in [5.41, 5.74) is 3.21. The first-order chi connectivity index (χ1) is 16.0. The summed E-state index contributed by atoms with van der Waals surface area (Å²) in [6.45, 7) is 4.11. The second-order valence-electron chi connectivity index (χ2n) is 7.86. The number of nitrogens with zero attached hydrogens (tertiary/aromatic N) is 1. The van der Waals surface area contributed by atoms with E-state index in [0.717, 1.165) is 28.2 Å². The molecule has 0 saturated carbocycles. The molecule has 0 atom stereocenters. The molecule has 0 unspecified atom stereocenters. The summed E-state index contributed by atoms with van der Waals surface area (Å²) in [6.07, 6.45) is 1.75. The van der Waals surface area contributed by atoms with Crippen molar-refractivity contribution in [3.63, 3.8) is 0 Å². The van der Waals surface area contributed by atoms with Crippen molar-refractivity contribution < 1.29 is 19.0 Å². The number of hydrogen-bond acceptors (Lipinski definition) is 5. The number of halogens is 2. The zero-order valence-corrected chi connectivity index (χ0v) is 19.4. The Labute approximate surface area is 202 Å². The largest absolute Gasteiger partial charge is 0.494 e. The molecule has 3 aromatic carbocycles. The molecule has 2 aliphatic rings. The molecule has 3 aromatic rings. The van der Waals surface area contributed by atoms with Crippen LogP contribution in [0, 0.1) is 0 Å². The maximum atomic E-state index is 13.0. The van der Waals surface area contributed by atoms with Crippen molar-refractivity contribution in [3.8, 4) is 17.2 Å². The quantitative estimate of drug-likeness (QED) is 0.396. The molecule has 0 aliphatic carbocycles. The van der Waals surface area contributed by atoms with Crippen LogP contribution in [-0.4, -0.2) is 24.0 Å². The lowest BCUT2D eigenvalue weighted by atomic mass is 10.0. The molecular formula is C26H21Cl2NO4. The topological polar surface area (TPSA) is 48.0 Å². The SMILES string of the molecule is CCOc1ccc(/C=C2\Oc3c(ccc4c3CN(Cc3ccc(Cl)cc3Cl)CO4)C2=O)cc1. The highest BCUT2D eigenvalue weighted by atomic mass is 35.5. The Hall–Kier alpha value is -2.99. The minimum Gasteiger partial charge on any atom is -0.494 e. The van der Waals surface area contributed by atoms with Crippen molar-refractivity contribution in [2.75, 3.05) is 13.3 Å². The number of carbonyl (C=O) groups is 1. The zero-order chi connectivity index (χ0) is 22.9. The van der Waals surface area contributed by atoms with E-state index in [1.165, 1.54) is 0 Å². The fraction of sp³-hybridized carbons (Fsp3) is 0.192. The van der Waals surface area contributed by atoms with Crippen LogP contribution in [0.5, 0.6) is 17.2 Å². The zero-order valence-electron chi connectivity index (χ0n) is 17.9. The standard InChI is InChI=1S/C26H21Cl2NO4/c1-2-31-19-7-3-16(4-8-19)11-24-25(30)20-9-10-23-21(26(20)33-24)14-29(15-32-23)13-17-5-6-18(27)12-22(17)28/h3-12H,2,13-15H2,1H3/b24-11-. The van der Waals surface area contributed by atoms with E-state index in [9.17, 15) is 4.79 Å². The van der Waals surface area contributed by atoms with E-state index < -0.39 is 0 Å². The molecule has 0 fully saturated rings. The van der Waals surface area contributed by atoms with Crippen LogP contribution in [0.25, 0.3) is 6.08 Å². The van der Waals surface area contributed by atoms with Gasteiger partial charge in [0.2, 0.25) is 5.78 Å². The molecule has 0 saturated heterocycles. The van der Waals surface area contributed by atoms with Gasteiger partial charge < -0.3 is 14.2 Å². The minimum atomic E-state index is -0.139. The summed E-state index contributed by atoms with van der Waals surface area (Å²) in [5, 5.41) is 1.21. The lowest BCUT2D eigenvalue weighted by Crippen LogP contribution is -2.31. The molecule has 2 heterocycles. The molecule has 33 heavy (non-hydrogen) atoms. The van der Waals surface area contributed by atoms with Gasteiger partial charge in [-0.25, -0.2) is 0 Å². The highest BCUT2D eigenvalue weighted by Gasteiger charge is 2.33. The predicted octanol–water partition coefficient (Wildman–Crippen LogP) is 6.36. The Kier molecular flexibility index (Phi) is 6.02. The molecule has 0 amide bonds. The van der Waals surface area contributed by atoms with Gasteiger partial charge in [0.15, 0.2) is 5.76 Å². The summed E-state index contributed by atoms with van der Waals surface area (Å²) in [6, 6.07) is 16.6. The van der Waals surface area contributed by atoms with Gasteiger partial charge >= 0.3 is 0 Å². The van der Waals surface area contributed by atoms with Gasteiger partial charge in [-0.2, -0.15) is 0 Å². The Morgan fingerprint density at radius 3 is 2.67 bits per heavy atom. The molecule has 5 nitrogen and oxygen atoms in total. The van der Waals surface area contributed by atoms with Crippen molar-refractivity contribution in [2.24, 2.45) is 0 Å². The summed E-state index contributed by atoms with van der Waals surface area (Å²) in [5.74, 6) is 2.22. The van der Waals surface area contributed by atoms with E-state index in [4.69, 9.17) is 37.4 Å². The number of carbonyl (C=O) groups excluding carboxylic acids is 1. The molecule has 7 heteroatoms. The Morgan fingerprint density at radius 1 is 1.09 bits per heavy atom. The van der Waals surface area contributed by atoms with Gasteiger partial charge in [-0.05, 0) is 60.5 Å². The third kappa shape index (κ3) is 4.44. The predicted molar refractivity (Wildman–Crippen MR) is 128 cm³/mol. The van der Waals surface area contributed by atoms with Crippen molar-refractivity contribution in [1.29, 1.82) is 0 Å². The second-order valence-corrected chi connectivity index (χ2v) is 8.70. The minimum absolute atomic E-state index is 0.139. The van der Waals surface area contributed by atoms with Gasteiger partial charge in [-0.3, -0.25) is 9.69 Å². The van der Waals surface area contributed by atoms with Crippen LogP contribution in [0.4, 0.5) is 0 Å². The van der Waals surface area contributed by atoms with Gasteiger partial charge in [0.25, 0.3) is 0 Å². The molecule has 0 spiro atoms. The fourth-order valence-electron chi connectivity index (χ4n) is 3.97. The monoisotopic (exact) mass is 481 g/mol. The number of benzene rings is 3. The molecule has 0 N–H and O–H groups in total. The van der Waals surface area contributed by atoms with E-state index >= 15 is 0 Å². The van der Waals surface area contributed by atoms with Crippen molar-refractivity contribution in [3.05, 3.63) is 92.7 Å². The van der Waals surface area contributed by atoms with Crippen LogP contribution >= 0.6 is 23.2 Å². The summed E-state index contributed by atoms with van der Waals surface area (Å²) in [4.78, 5) is 15.1. The van der Waals surface area contributed by atoms with E-state index in [0.29, 0.717) is 53.5 Å². The maximum absolute atomic E-state index is 13.0. The number of allylic oxidation sites excluding steroid dienone is 1. The summed E-state index contributed by atoms with van der Waals surface area (Å²) >= 11 is 12.4. The molecule has 2 aliphatic heterocycles. The van der Waals surface area contributed by atoms with E-state index in [1.807, 2.05) is 49.4 Å². The molecule has 0 radical (unpaired) electrons. The van der Waals surface area contributed by atoms with Gasteiger partial charge in [-0.15, -0.1) is 0 Å². The number of ether oxygens (including phenoxy) is 3. The first-order valence-corrected chi connectivity index (χ1v) is 11.4. The molecule has 0 bridgehead atoms. The molecule has 0 aromatic heterocycles. The van der Waals surface area contributed by atoms with Crippen LogP contribution in [0.1, 0.15) is 34.0 Å². The van der Waals surface area contributed by atoms with Gasteiger partial charge in [0, 0.05) is 23.1 Å². The molecule has 5 rings (SSSR count). The number of ketones is 1. The van der Waals surface area contributed by atoms with Crippen molar-refractivity contribution in [2.45, 2.75) is 20.0 Å². The van der Waals surface area contributed by atoms with Crippen molar-refractivity contribution >= 4 is 35.1 Å². The fourth-order valence-corrected chi connectivity index (χ4v) is 4.44. The molecule has 168 valence electrons. The number of rotatable bonds is 5. The van der Waals surface area contributed by atoms with Crippen LogP contribution < -0.4 is 14.2 Å². The van der Waals surface area contributed by atoms with Gasteiger partial charge in [-0.1, -0.05) is 41.4 Å². The van der Waals surface area contributed by atoms with Crippen LogP contribution in [0.15, 0.2) is 60.4 Å². The Bertz CT molecular complexity index is 1250. The Balaban J connectivity index is 1.38. The number of Topliss-reactive ketones (excluding diaryl/α,β-unsaturated/α-hetero) is 1. The van der Waals surface area contributed by atoms with E-state index in [2.05, 4.69) is 4.90 Å². The number of hydrogen-bond donors (Lipinski definition) is 0. The highest BCUT2D eigenvalue weighted by Crippen LogP contribution is 2.42. The van der Waals surface area contributed by atoms with Gasteiger partial charge in [0.1, 0.15) is 24.0 Å². The highest BCUT2D eigenvalue weighted by molar-refractivity contribution is 6.35. The van der Waals surface area contributed by atoms with E-state index in [-0.39, 0.29) is 5.78 Å².